The molecule has 1 atom stereocenters. The Morgan fingerprint density at radius 1 is 1.59 bits per heavy atom. The van der Waals surface area contributed by atoms with E-state index >= 15 is 0 Å². The molecule has 1 heterocycles. The Bertz CT molecular complexity index is 462. The van der Waals surface area contributed by atoms with E-state index in [1.54, 1.807) is 0 Å². The average molecular weight is 260 g/mol. The molecule has 1 aliphatic heterocycles. The van der Waals surface area contributed by atoms with Crippen molar-refractivity contribution >= 4 is 17.6 Å². The predicted octanol–water partition coefficient (Wildman–Crippen LogP) is 1.58. The first-order valence-electron chi connectivity index (χ1n) is 4.99. The second kappa shape index (κ2) is 4.25. The van der Waals surface area contributed by atoms with Crippen molar-refractivity contribution in [1.29, 1.82) is 0 Å². The van der Waals surface area contributed by atoms with Crippen LogP contribution in [0.5, 0.6) is 0 Å². The molecule has 1 unspecified atom stereocenters. The topological polar surface area (TPSA) is 72.6 Å². The highest BCUT2D eigenvalue weighted by Gasteiger charge is 2.52. The Morgan fingerprint density at radius 2 is 2.24 bits per heavy atom. The molecule has 92 valence electrons. The second-order valence-corrected chi connectivity index (χ2v) is 4.53. The van der Waals surface area contributed by atoms with E-state index in [2.05, 4.69) is 0 Å². The van der Waals surface area contributed by atoms with Crippen LogP contribution in [0.4, 0.5) is 4.39 Å². The summed E-state index contributed by atoms with van der Waals surface area (Å²) in [5.74, 6) is -1.65. The molecule has 17 heavy (non-hydrogen) atoms. The zero-order valence-electron chi connectivity index (χ0n) is 8.82. The molecule has 1 aromatic rings. The van der Waals surface area contributed by atoms with Crippen LogP contribution in [0.15, 0.2) is 18.2 Å². The van der Waals surface area contributed by atoms with Gasteiger partial charge >= 0.3 is 5.97 Å². The molecule has 2 rings (SSSR count). The van der Waals surface area contributed by atoms with Gasteiger partial charge in [-0.3, -0.25) is 4.79 Å². The molecule has 0 amide bonds. The molecule has 0 aromatic heterocycles. The van der Waals surface area contributed by atoms with E-state index in [9.17, 15) is 9.18 Å². The number of hydrogen-bond donors (Lipinski definition) is 2. The zero-order chi connectivity index (χ0) is 12.6. The monoisotopic (exact) mass is 259 g/mol. The zero-order valence-corrected chi connectivity index (χ0v) is 9.58. The van der Waals surface area contributed by atoms with Gasteiger partial charge in [-0.1, -0.05) is 11.6 Å². The third-order valence-corrected chi connectivity index (χ3v) is 3.27. The number of hydrogen-bond acceptors (Lipinski definition) is 3. The molecule has 0 saturated carbocycles. The molecule has 0 bridgehead atoms. The first-order chi connectivity index (χ1) is 7.97. The molecule has 3 N–H and O–H groups in total. The first kappa shape index (κ1) is 12.3. The Balaban J connectivity index is 2.39. The maximum absolute atomic E-state index is 13.6. The smallest absolute Gasteiger partial charge is 0.316 e. The number of benzene rings is 1. The summed E-state index contributed by atoms with van der Waals surface area (Å²) in [7, 11) is 0. The fraction of sp³-hybridized carbons (Fsp3) is 0.364. The van der Waals surface area contributed by atoms with Gasteiger partial charge < -0.3 is 15.6 Å². The Labute approximate surface area is 102 Å². The Hall–Kier alpha value is -1.17. The highest BCUT2D eigenvalue weighted by molar-refractivity contribution is 6.30. The Morgan fingerprint density at radius 3 is 2.71 bits per heavy atom. The summed E-state index contributed by atoms with van der Waals surface area (Å²) in [5.41, 5.74) is 4.69. The highest BCUT2D eigenvalue weighted by atomic mass is 35.5. The van der Waals surface area contributed by atoms with Crippen molar-refractivity contribution in [3.8, 4) is 0 Å². The number of rotatable bonds is 3. The Kier molecular flexibility index (Phi) is 3.07. The van der Waals surface area contributed by atoms with Gasteiger partial charge in [0.2, 0.25) is 0 Å². The molecule has 1 fully saturated rings. The van der Waals surface area contributed by atoms with Gasteiger partial charge in [0.05, 0.1) is 19.3 Å². The van der Waals surface area contributed by atoms with Crippen molar-refractivity contribution in [2.45, 2.75) is 6.04 Å². The quantitative estimate of drug-likeness (QED) is 0.864. The van der Waals surface area contributed by atoms with Gasteiger partial charge in [-0.2, -0.15) is 0 Å². The van der Waals surface area contributed by atoms with Gasteiger partial charge in [-0.15, -0.1) is 0 Å². The molecule has 1 aromatic carbocycles. The van der Waals surface area contributed by atoms with Gasteiger partial charge in [-0.25, -0.2) is 4.39 Å². The summed E-state index contributed by atoms with van der Waals surface area (Å²) < 4.78 is 18.5. The van der Waals surface area contributed by atoms with Crippen LogP contribution in [0.3, 0.4) is 0 Å². The van der Waals surface area contributed by atoms with Crippen molar-refractivity contribution in [3.05, 3.63) is 34.6 Å². The van der Waals surface area contributed by atoms with Crippen molar-refractivity contribution in [2.75, 3.05) is 13.2 Å². The van der Waals surface area contributed by atoms with Crippen LogP contribution in [-0.2, 0) is 9.53 Å². The lowest BCUT2D eigenvalue weighted by molar-refractivity contribution is -0.184. The van der Waals surface area contributed by atoms with Crippen LogP contribution >= 0.6 is 11.6 Å². The van der Waals surface area contributed by atoms with E-state index in [0.29, 0.717) is 5.02 Å². The summed E-state index contributed by atoms with van der Waals surface area (Å²) in [4.78, 5) is 11.2. The standard InChI is InChI=1S/C11H11ClFNO3/c12-6-1-2-8(13)7(3-6)9(14)11(10(15)16)4-17-5-11/h1-3,9H,4-5,14H2,(H,15,16). The second-order valence-electron chi connectivity index (χ2n) is 4.10. The van der Waals surface area contributed by atoms with Crippen LogP contribution in [0.2, 0.25) is 5.02 Å². The maximum Gasteiger partial charge on any atom is 0.316 e. The van der Waals surface area contributed by atoms with Gasteiger partial charge in [0.15, 0.2) is 0 Å². The number of carboxylic acids is 1. The third-order valence-electron chi connectivity index (χ3n) is 3.03. The van der Waals surface area contributed by atoms with E-state index in [-0.39, 0.29) is 18.8 Å². The van der Waals surface area contributed by atoms with E-state index < -0.39 is 23.2 Å². The minimum Gasteiger partial charge on any atom is -0.481 e. The lowest BCUT2D eigenvalue weighted by Crippen LogP contribution is -2.55. The number of ether oxygens (including phenoxy) is 1. The molecule has 0 aliphatic carbocycles. The molecular formula is C11H11ClFNO3. The molecule has 1 saturated heterocycles. The summed E-state index contributed by atoms with van der Waals surface area (Å²) in [6.45, 7) is -0.0368. The summed E-state index contributed by atoms with van der Waals surface area (Å²) in [6.07, 6.45) is 0. The average Bonchev–Trinajstić information content (AvgIpc) is 2.19. The fourth-order valence-corrected chi connectivity index (χ4v) is 1.99. The number of halogens is 2. The highest BCUT2D eigenvalue weighted by Crippen LogP contribution is 2.40. The van der Waals surface area contributed by atoms with Crippen molar-refractivity contribution in [2.24, 2.45) is 11.1 Å². The third kappa shape index (κ3) is 1.90. The number of aliphatic carboxylic acids is 1. The van der Waals surface area contributed by atoms with Crippen LogP contribution in [0.25, 0.3) is 0 Å². The van der Waals surface area contributed by atoms with Gasteiger partial charge in [0.25, 0.3) is 0 Å². The summed E-state index contributed by atoms with van der Waals surface area (Å²) in [6, 6.07) is 2.93. The molecular weight excluding hydrogens is 249 g/mol. The van der Waals surface area contributed by atoms with E-state index in [4.69, 9.17) is 27.2 Å². The molecule has 0 spiro atoms. The maximum atomic E-state index is 13.6. The van der Waals surface area contributed by atoms with Crippen LogP contribution in [0.1, 0.15) is 11.6 Å². The summed E-state index contributed by atoms with van der Waals surface area (Å²) in [5, 5.41) is 9.48. The number of carboxylic acid groups (broad SMARTS) is 1. The SMILES string of the molecule is NC(c1cc(Cl)ccc1F)C1(C(=O)O)COC1. The van der Waals surface area contributed by atoms with Gasteiger partial charge in [0.1, 0.15) is 11.2 Å². The molecule has 0 radical (unpaired) electrons. The minimum absolute atomic E-state index is 0.0184. The molecule has 4 nitrogen and oxygen atoms in total. The molecule has 6 heteroatoms. The molecule has 1 aliphatic rings. The van der Waals surface area contributed by atoms with Crippen LogP contribution in [0, 0.1) is 11.2 Å². The van der Waals surface area contributed by atoms with Crippen molar-refractivity contribution in [1.82, 2.24) is 0 Å². The lowest BCUT2D eigenvalue weighted by atomic mass is 9.75. The number of carbonyl (C=O) groups is 1. The van der Waals surface area contributed by atoms with E-state index in [1.165, 1.54) is 18.2 Å². The predicted molar refractivity (Wildman–Crippen MR) is 59.2 cm³/mol. The van der Waals surface area contributed by atoms with E-state index in [1.807, 2.05) is 0 Å². The van der Waals surface area contributed by atoms with Gasteiger partial charge in [0, 0.05) is 10.6 Å². The summed E-state index contributed by atoms with van der Waals surface area (Å²) >= 11 is 5.75. The van der Waals surface area contributed by atoms with Crippen LogP contribution in [-0.4, -0.2) is 24.3 Å². The van der Waals surface area contributed by atoms with Gasteiger partial charge in [-0.05, 0) is 18.2 Å². The van der Waals surface area contributed by atoms with Crippen LogP contribution < -0.4 is 5.73 Å². The first-order valence-corrected chi connectivity index (χ1v) is 5.37. The lowest BCUT2D eigenvalue weighted by Gasteiger charge is -2.41. The largest absolute Gasteiger partial charge is 0.481 e. The normalized spacial score (nSPS) is 19.5. The van der Waals surface area contributed by atoms with Crippen molar-refractivity contribution in [3.63, 3.8) is 0 Å². The van der Waals surface area contributed by atoms with E-state index in [0.717, 1.165) is 0 Å². The fourth-order valence-electron chi connectivity index (χ4n) is 1.81. The van der Waals surface area contributed by atoms with Crippen molar-refractivity contribution < 1.29 is 19.0 Å². The number of nitrogens with two attached hydrogens (primary N) is 1. The minimum atomic E-state index is -1.26.